The third-order valence-electron chi connectivity index (χ3n) is 5.11. The van der Waals surface area contributed by atoms with E-state index in [9.17, 15) is 9.59 Å². The molecular weight excluding hydrogens is 410 g/mol. The molecule has 0 atom stereocenters. The minimum atomic E-state index is -0.533. The number of benzene rings is 2. The van der Waals surface area contributed by atoms with Crippen molar-refractivity contribution in [1.29, 1.82) is 0 Å². The molecule has 1 saturated heterocycles. The summed E-state index contributed by atoms with van der Waals surface area (Å²) in [4.78, 5) is 27.3. The van der Waals surface area contributed by atoms with Crippen molar-refractivity contribution in [3.63, 3.8) is 0 Å². The molecule has 1 aliphatic rings. The lowest BCUT2D eigenvalue weighted by atomic mass is 10.1. The second-order valence-electron chi connectivity index (χ2n) is 7.22. The molecule has 3 aromatic rings. The third kappa shape index (κ3) is 3.75. The molecule has 6 nitrogen and oxygen atoms in total. The summed E-state index contributed by atoms with van der Waals surface area (Å²) in [5.41, 5.74) is 4.39. The molecule has 7 heteroatoms. The van der Waals surface area contributed by atoms with E-state index in [1.54, 1.807) is 30.3 Å². The van der Waals surface area contributed by atoms with Gasteiger partial charge < -0.3 is 9.30 Å². The first-order valence-corrected chi connectivity index (χ1v) is 10.1. The molecule has 31 heavy (non-hydrogen) atoms. The first-order chi connectivity index (χ1) is 14.9. The van der Waals surface area contributed by atoms with Crippen molar-refractivity contribution < 1.29 is 14.3 Å². The van der Waals surface area contributed by atoms with Gasteiger partial charge in [-0.1, -0.05) is 29.8 Å². The number of rotatable bonds is 4. The zero-order valence-corrected chi connectivity index (χ0v) is 18.2. The van der Waals surface area contributed by atoms with Gasteiger partial charge in [0, 0.05) is 17.6 Å². The van der Waals surface area contributed by atoms with E-state index in [0.29, 0.717) is 17.1 Å². The van der Waals surface area contributed by atoms with Crippen molar-refractivity contribution in [2.75, 3.05) is 12.0 Å². The Labute approximate surface area is 185 Å². The molecule has 156 valence electrons. The van der Waals surface area contributed by atoms with E-state index in [4.69, 9.17) is 17.0 Å². The fourth-order valence-corrected chi connectivity index (χ4v) is 3.92. The number of nitrogens with one attached hydrogen (secondary N) is 1. The van der Waals surface area contributed by atoms with Gasteiger partial charge in [0.1, 0.15) is 11.3 Å². The standard InChI is InChI=1S/C24H21N3O3S/c1-15-10-11-19(16(2)13-15)26-12-6-7-17(26)14-18-22(28)25-24(31)27(23(18)29)20-8-4-5-9-21(20)30-3/h4-14H,1-3H3,(H,25,28,31)/b18-14+. The van der Waals surface area contributed by atoms with E-state index < -0.39 is 11.8 Å². The van der Waals surface area contributed by atoms with Crippen LogP contribution in [0.1, 0.15) is 16.8 Å². The van der Waals surface area contributed by atoms with Gasteiger partial charge in [-0.3, -0.25) is 14.9 Å². The molecule has 4 rings (SSSR count). The van der Waals surface area contributed by atoms with Crippen molar-refractivity contribution in [1.82, 2.24) is 9.88 Å². The molecule has 2 heterocycles. The molecule has 1 aromatic heterocycles. The normalized spacial score (nSPS) is 15.4. The molecule has 1 N–H and O–H groups in total. The smallest absolute Gasteiger partial charge is 0.270 e. The number of aryl methyl sites for hydroxylation is 2. The number of aromatic nitrogens is 1. The second-order valence-corrected chi connectivity index (χ2v) is 7.61. The number of hydrogen-bond acceptors (Lipinski definition) is 4. The van der Waals surface area contributed by atoms with Gasteiger partial charge in [-0.25, -0.2) is 4.90 Å². The Balaban J connectivity index is 1.78. The summed E-state index contributed by atoms with van der Waals surface area (Å²) in [5.74, 6) is -0.562. The Bertz CT molecular complexity index is 1240. The van der Waals surface area contributed by atoms with E-state index in [2.05, 4.69) is 11.4 Å². The maximum Gasteiger partial charge on any atom is 0.270 e. The molecule has 1 aliphatic heterocycles. The lowest BCUT2D eigenvalue weighted by Crippen LogP contribution is -2.54. The Kier molecular flexibility index (Phi) is 5.44. The van der Waals surface area contributed by atoms with Gasteiger partial charge in [0.2, 0.25) is 0 Å². The molecular formula is C24H21N3O3S. The first kappa shape index (κ1) is 20.6. The van der Waals surface area contributed by atoms with Crippen molar-refractivity contribution >= 4 is 40.9 Å². The van der Waals surface area contributed by atoms with Crippen molar-refractivity contribution in [3.05, 3.63) is 83.2 Å². The van der Waals surface area contributed by atoms with Crippen LogP contribution in [0.4, 0.5) is 5.69 Å². The Morgan fingerprint density at radius 3 is 2.52 bits per heavy atom. The maximum absolute atomic E-state index is 13.3. The number of amides is 2. The Hall–Kier alpha value is -3.71. The van der Waals surface area contributed by atoms with Gasteiger partial charge in [-0.05, 0) is 68.0 Å². The number of nitrogens with zero attached hydrogens (tertiary/aromatic N) is 2. The molecule has 0 saturated carbocycles. The summed E-state index contributed by atoms with van der Waals surface area (Å²) in [6, 6.07) is 16.9. The summed E-state index contributed by atoms with van der Waals surface area (Å²) in [6.45, 7) is 4.06. The molecule has 2 aromatic carbocycles. The monoisotopic (exact) mass is 431 g/mol. The number of ether oxygens (including phenoxy) is 1. The first-order valence-electron chi connectivity index (χ1n) is 9.70. The van der Waals surface area contributed by atoms with Crippen molar-refractivity contribution in [2.45, 2.75) is 13.8 Å². The predicted molar refractivity (Wildman–Crippen MR) is 124 cm³/mol. The van der Waals surface area contributed by atoms with Crippen LogP contribution in [-0.4, -0.2) is 28.6 Å². The highest BCUT2D eigenvalue weighted by Crippen LogP contribution is 2.31. The predicted octanol–water partition coefficient (Wildman–Crippen LogP) is 3.93. The number of carbonyl (C=O) groups excluding carboxylic acids is 2. The summed E-state index contributed by atoms with van der Waals surface area (Å²) < 4.78 is 7.32. The van der Waals surface area contributed by atoms with Crippen LogP contribution in [0, 0.1) is 13.8 Å². The maximum atomic E-state index is 13.3. The van der Waals surface area contributed by atoms with Gasteiger partial charge in [0.25, 0.3) is 11.8 Å². The SMILES string of the molecule is COc1ccccc1N1C(=O)/C(=C/c2cccn2-c2ccc(C)cc2C)C(=O)NC1=S. The number of anilines is 1. The summed E-state index contributed by atoms with van der Waals surface area (Å²) in [7, 11) is 1.52. The van der Waals surface area contributed by atoms with Crippen LogP contribution in [0.2, 0.25) is 0 Å². The van der Waals surface area contributed by atoms with Crippen LogP contribution in [0.3, 0.4) is 0 Å². The Morgan fingerprint density at radius 2 is 1.77 bits per heavy atom. The van der Waals surface area contributed by atoms with Gasteiger partial charge in [0.05, 0.1) is 12.8 Å². The lowest BCUT2D eigenvalue weighted by molar-refractivity contribution is -0.122. The summed E-state index contributed by atoms with van der Waals surface area (Å²) in [6.07, 6.45) is 3.49. The average Bonchev–Trinajstić information content (AvgIpc) is 3.19. The fourth-order valence-electron chi connectivity index (χ4n) is 3.65. The number of carbonyl (C=O) groups is 2. The number of para-hydroxylation sites is 2. The second kappa shape index (κ2) is 8.20. The van der Waals surface area contributed by atoms with Gasteiger partial charge >= 0.3 is 0 Å². The van der Waals surface area contributed by atoms with Gasteiger partial charge in [-0.15, -0.1) is 0 Å². The minimum Gasteiger partial charge on any atom is -0.495 e. The van der Waals surface area contributed by atoms with E-state index >= 15 is 0 Å². The van der Waals surface area contributed by atoms with Gasteiger partial charge in [0.15, 0.2) is 5.11 Å². The van der Waals surface area contributed by atoms with Gasteiger partial charge in [-0.2, -0.15) is 0 Å². The molecule has 0 spiro atoms. The topological polar surface area (TPSA) is 63.6 Å². The van der Waals surface area contributed by atoms with Crippen molar-refractivity contribution in [3.8, 4) is 11.4 Å². The Morgan fingerprint density at radius 1 is 1.00 bits per heavy atom. The van der Waals surface area contributed by atoms with Crippen molar-refractivity contribution in [2.24, 2.45) is 0 Å². The van der Waals surface area contributed by atoms with Crippen LogP contribution in [0.5, 0.6) is 5.75 Å². The number of thiocarbonyl (C=S) groups is 1. The summed E-state index contributed by atoms with van der Waals surface area (Å²) in [5, 5.41) is 2.63. The van der Waals surface area contributed by atoms with Crippen LogP contribution in [-0.2, 0) is 9.59 Å². The molecule has 0 radical (unpaired) electrons. The molecule has 0 bridgehead atoms. The van der Waals surface area contributed by atoms with Crippen LogP contribution >= 0.6 is 12.2 Å². The van der Waals surface area contributed by atoms with Crippen LogP contribution in [0.25, 0.3) is 11.8 Å². The molecule has 2 amide bonds. The van der Waals surface area contributed by atoms with Crippen LogP contribution in [0.15, 0.2) is 66.4 Å². The lowest BCUT2D eigenvalue weighted by Gasteiger charge is -2.29. The van der Waals surface area contributed by atoms with E-state index in [1.807, 2.05) is 48.9 Å². The number of methoxy groups -OCH3 is 1. The highest BCUT2D eigenvalue weighted by atomic mass is 32.1. The number of hydrogen-bond donors (Lipinski definition) is 1. The third-order valence-corrected chi connectivity index (χ3v) is 5.40. The minimum absolute atomic E-state index is 0.00998. The average molecular weight is 432 g/mol. The zero-order valence-electron chi connectivity index (χ0n) is 17.4. The molecule has 0 aliphatic carbocycles. The quantitative estimate of drug-likeness (QED) is 0.386. The zero-order chi connectivity index (χ0) is 22.1. The van der Waals surface area contributed by atoms with E-state index in [0.717, 1.165) is 16.8 Å². The van der Waals surface area contributed by atoms with Crippen LogP contribution < -0.4 is 15.0 Å². The van der Waals surface area contributed by atoms with E-state index in [1.165, 1.54) is 12.0 Å². The summed E-state index contributed by atoms with van der Waals surface area (Å²) >= 11 is 5.29. The molecule has 1 fully saturated rings. The highest BCUT2D eigenvalue weighted by Gasteiger charge is 2.36. The van der Waals surface area contributed by atoms with E-state index in [-0.39, 0.29) is 10.7 Å². The fraction of sp³-hybridized carbons (Fsp3) is 0.125. The molecule has 0 unspecified atom stereocenters. The largest absolute Gasteiger partial charge is 0.495 e. The highest BCUT2D eigenvalue weighted by molar-refractivity contribution is 7.80.